The molecule has 1 aliphatic heterocycles. The van der Waals surface area contributed by atoms with Crippen LogP contribution in [0.15, 0.2) is 58.3 Å². The largest absolute Gasteiger partial charge is 0.368 e. The molecule has 6 heteroatoms. The van der Waals surface area contributed by atoms with Crippen LogP contribution in [0.5, 0.6) is 0 Å². The lowest BCUT2D eigenvalue weighted by Gasteiger charge is -2.36. The standard InChI is InChI=1S/C21H28N2O2S2/c1-3-4-7-18-10-12-19(13-11-18)27(24,25)23-16-14-22(15-17-23)20-8-5-6-9-21(20)26-2/h5-6,8-13H,3-4,7,14-17H2,1-2H3. The van der Waals surface area contributed by atoms with E-state index in [-0.39, 0.29) is 0 Å². The van der Waals surface area contributed by atoms with E-state index in [2.05, 4.69) is 30.2 Å². The summed E-state index contributed by atoms with van der Waals surface area (Å²) in [6.45, 7) is 4.62. The molecule has 0 aromatic heterocycles. The number of aryl methyl sites for hydroxylation is 1. The third kappa shape index (κ3) is 4.68. The summed E-state index contributed by atoms with van der Waals surface area (Å²) in [7, 11) is -3.42. The fourth-order valence-electron chi connectivity index (χ4n) is 3.42. The van der Waals surface area contributed by atoms with Crippen LogP contribution in [0.25, 0.3) is 0 Å². The van der Waals surface area contributed by atoms with Crippen molar-refractivity contribution in [2.45, 2.75) is 36.0 Å². The van der Waals surface area contributed by atoms with Crippen LogP contribution in [-0.4, -0.2) is 45.2 Å². The Hall–Kier alpha value is -1.50. The third-order valence-corrected chi connectivity index (χ3v) is 7.74. The summed E-state index contributed by atoms with van der Waals surface area (Å²) >= 11 is 1.73. The van der Waals surface area contributed by atoms with Crippen LogP contribution in [0.1, 0.15) is 25.3 Å². The topological polar surface area (TPSA) is 40.6 Å². The normalized spacial score (nSPS) is 15.9. The minimum Gasteiger partial charge on any atom is -0.368 e. The highest BCUT2D eigenvalue weighted by molar-refractivity contribution is 7.98. The molecular weight excluding hydrogens is 376 g/mol. The van der Waals surface area contributed by atoms with Gasteiger partial charge in [-0.05, 0) is 48.9 Å². The molecule has 0 spiro atoms. The number of hydrogen-bond acceptors (Lipinski definition) is 4. The number of sulfonamides is 1. The average molecular weight is 405 g/mol. The van der Waals surface area contributed by atoms with Crippen molar-refractivity contribution in [1.82, 2.24) is 4.31 Å². The highest BCUT2D eigenvalue weighted by Crippen LogP contribution is 2.29. The first-order valence-electron chi connectivity index (χ1n) is 9.53. The molecule has 2 aromatic carbocycles. The quantitative estimate of drug-likeness (QED) is 0.647. The van der Waals surface area contributed by atoms with Gasteiger partial charge in [-0.1, -0.05) is 37.6 Å². The highest BCUT2D eigenvalue weighted by atomic mass is 32.2. The lowest BCUT2D eigenvalue weighted by atomic mass is 10.1. The van der Waals surface area contributed by atoms with Crippen molar-refractivity contribution >= 4 is 27.5 Å². The van der Waals surface area contributed by atoms with Gasteiger partial charge >= 0.3 is 0 Å². The van der Waals surface area contributed by atoms with Gasteiger partial charge in [0.05, 0.1) is 10.6 Å². The van der Waals surface area contributed by atoms with Gasteiger partial charge in [-0.2, -0.15) is 4.31 Å². The number of nitrogens with zero attached hydrogens (tertiary/aromatic N) is 2. The van der Waals surface area contributed by atoms with Crippen LogP contribution in [0, 0.1) is 0 Å². The second-order valence-electron chi connectivity index (χ2n) is 6.81. The molecule has 3 rings (SSSR count). The highest BCUT2D eigenvalue weighted by Gasteiger charge is 2.29. The van der Waals surface area contributed by atoms with Crippen LogP contribution in [-0.2, 0) is 16.4 Å². The van der Waals surface area contributed by atoms with Crippen LogP contribution in [0.3, 0.4) is 0 Å². The Morgan fingerprint density at radius 1 is 0.963 bits per heavy atom. The molecule has 1 fully saturated rings. The number of hydrogen-bond donors (Lipinski definition) is 0. The summed E-state index contributed by atoms with van der Waals surface area (Å²) in [6.07, 6.45) is 5.35. The van der Waals surface area contributed by atoms with E-state index < -0.39 is 10.0 Å². The zero-order valence-corrected chi connectivity index (χ0v) is 17.7. The minimum atomic E-state index is -3.42. The molecule has 1 aliphatic rings. The Labute approximate surface area is 167 Å². The van der Waals surface area contributed by atoms with E-state index in [9.17, 15) is 8.42 Å². The molecule has 146 valence electrons. The summed E-state index contributed by atoms with van der Waals surface area (Å²) in [5.41, 5.74) is 2.40. The van der Waals surface area contributed by atoms with E-state index in [0.717, 1.165) is 19.3 Å². The van der Waals surface area contributed by atoms with Gasteiger partial charge in [0.25, 0.3) is 0 Å². The summed E-state index contributed by atoms with van der Waals surface area (Å²) in [4.78, 5) is 3.92. The van der Waals surface area contributed by atoms with Crippen molar-refractivity contribution in [2.75, 3.05) is 37.3 Å². The Morgan fingerprint density at radius 2 is 1.63 bits per heavy atom. The van der Waals surface area contributed by atoms with Gasteiger partial charge < -0.3 is 4.90 Å². The number of piperazine rings is 1. The van der Waals surface area contributed by atoms with Crippen LogP contribution in [0.2, 0.25) is 0 Å². The van der Waals surface area contributed by atoms with Gasteiger partial charge in [0, 0.05) is 31.1 Å². The average Bonchev–Trinajstić information content (AvgIpc) is 2.72. The van der Waals surface area contributed by atoms with Crippen molar-refractivity contribution in [3.63, 3.8) is 0 Å². The Kier molecular flexibility index (Phi) is 6.84. The maximum atomic E-state index is 13.0. The fraction of sp³-hybridized carbons (Fsp3) is 0.429. The monoisotopic (exact) mass is 404 g/mol. The molecule has 1 heterocycles. The molecule has 0 aliphatic carbocycles. The van der Waals surface area contributed by atoms with E-state index in [0.29, 0.717) is 31.1 Å². The van der Waals surface area contributed by atoms with Crippen LogP contribution in [0.4, 0.5) is 5.69 Å². The number of anilines is 1. The summed E-state index contributed by atoms with van der Waals surface area (Å²) < 4.78 is 27.6. The molecule has 0 saturated carbocycles. The van der Waals surface area contributed by atoms with Crippen molar-refractivity contribution < 1.29 is 8.42 Å². The number of thioether (sulfide) groups is 1. The predicted molar refractivity (Wildman–Crippen MR) is 114 cm³/mol. The molecule has 0 radical (unpaired) electrons. The second kappa shape index (κ2) is 9.13. The fourth-order valence-corrected chi connectivity index (χ4v) is 5.46. The second-order valence-corrected chi connectivity index (χ2v) is 9.60. The lowest BCUT2D eigenvalue weighted by Crippen LogP contribution is -2.48. The van der Waals surface area contributed by atoms with Gasteiger partial charge in [0.15, 0.2) is 0 Å². The zero-order chi connectivity index (χ0) is 19.3. The molecular formula is C21H28N2O2S2. The molecule has 4 nitrogen and oxygen atoms in total. The van der Waals surface area contributed by atoms with E-state index >= 15 is 0 Å². The van der Waals surface area contributed by atoms with E-state index in [4.69, 9.17) is 0 Å². The maximum Gasteiger partial charge on any atom is 0.243 e. The van der Waals surface area contributed by atoms with Gasteiger partial charge in [-0.3, -0.25) is 0 Å². The predicted octanol–water partition coefficient (Wildman–Crippen LogP) is 4.26. The van der Waals surface area contributed by atoms with Crippen molar-refractivity contribution in [3.05, 3.63) is 54.1 Å². The number of para-hydroxylation sites is 1. The first kappa shape index (κ1) is 20.2. The number of unbranched alkanes of at least 4 members (excludes halogenated alkanes) is 1. The number of benzene rings is 2. The Bertz CT molecular complexity index is 843. The van der Waals surface area contributed by atoms with Crippen LogP contribution >= 0.6 is 11.8 Å². The van der Waals surface area contributed by atoms with E-state index in [1.807, 2.05) is 24.3 Å². The minimum absolute atomic E-state index is 0.403. The molecule has 0 bridgehead atoms. The third-order valence-electron chi connectivity index (χ3n) is 5.04. The molecule has 0 unspecified atom stereocenters. The van der Waals surface area contributed by atoms with Crippen LogP contribution < -0.4 is 4.90 Å². The van der Waals surface area contributed by atoms with Gasteiger partial charge in [0.2, 0.25) is 10.0 Å². The van der Waals surface area contributed by atoms with E-state index in [1.165, 1.54) is 16.1 Å². The molecule has 0 amide bonds. The van der Waals surface area contributed by atoms with Crippen molar-refractivity contribution in [3.8, 4) is 0 Å². The number of rotatable bonds is 7. The molecule has 0 atom stereocenters. The van der Waals surface area contributed by atoms with Crippen molar-refractivity contribution in [1.29, 1.82) is 0 Å². The molecule has 0 N–H and O–H groups in total. The SMILES string of the molecule is CCCCc1ccc(S(=O)(=O)N2CCN(c3ccccc3SC)CC2)cc1. The molecule has 1 saturated heterocycles. The Balaban J connectivity index is 1.67. The summed E-state index contributed by atoms with van der Waals surface area (Å²) in [5, 5.41) is 0. The molecule has 27 heavy (non-hydrogen) atoms. The van der Waals surface area contributed by atoms with E-state index in [1.54, 1.807) is 28.2 Å². The summed E-state index contributed by atoms with van der Waals surface area (Å²) in [5.74, 6) is 0. The first-order chi connectivity index (χ1) is 13.1. The Morgan fingerprint density at radius 3 is 2.26 bits per heavy atom. The van der Waals surface area contributed by atoms with Gasteiger partial charge in [-0.15, -0.1) is 11.8 Å². The lowest BCUT2D eigenvalue weighted by molar-refractivity contribution is 0.384. The first-order valence-corrected chi connectivity index (χ1v) is 12.2. The zero-order valence-electron chi connectivity index (χ0n) is 16.1. The maximum absolute atomic E-state index is 13.0. The van der Waals surface area contributed by atoms with Gasteiger partial charge in [-0.25, -0.2) is 8.42 Å². The summed E-state index contributed by atoms with van der Waals surface area (Å²) in [6, 6.07) is 15.7. The molecule has 2 aromatic rings. The smallest absolute Gasteiger partial charge is 0.243 e. The van der Waals surface area contributed by atoms with Crippen molar-refractivity contribution in [2.24, 2.45) is 0 Å². The van der Waals surface area contributed by atoms with Gasteiger partial charge in [0.1, 0.15) is 0 Å².